The van der Waals surface area contributed by atoms with Gasteiger partial charge in [0.1, 0.15) is 11.6 Å². The van der Waals surface area contributed by atoms with E-state index in [0.717, 1.165) is 30.3 Å². The van der Waals surface area contributed by atoms with Crippen LogP contribution in [0.3, 0.4) is 0 Å². The molecule has 2 heterocycles. The summed E-state index contributed by atoms with van der Waals surface area (Å²) >= 11 is 5.97. The van der Waals surface area contributed by atoms with Crippen molar-refractivity contribution in [3.63, 3.8) is 0 Å². The van der Waals surface area contributed by atoms with Crippen LogP contribution in [0.4, 0.5) is 5.82 Å². The SMILES string of the molecule is Cc1ncc(CCl)c(N2CCC(N(C)C)CC2)n1. The topological polar surface area (TPSA) is 32.3 Å². The molecule has 0 unspecified atom stereocenters. The summed E-state index contributed by atoms with van der Waals surface area (Å²) in [5, 5.41) is 0. The van der Waals surface area contributed by atoms with Gasteiger partial charge in [0.15, 0.2) is 0 Å². The van der Waals surface area contributed by atoms with Gasteiger partial charge in [0.05, 0.1) is 5.88 Å². The Hall–Kier alpha value is -0.870. The Bertz CT molecular complexity index is 400. The van der Waals surface area contributed by atoms with Crippen molar-refractivity contribution >= 4 is 17.4 Å². The van der Waals surface area contributed by atoms with E-state index in [1.54, 1.807) is 0 Å². The molecule has 1 aromatic heterocycles. The molecule has 18 heavy (non-hydrogen) atoms. The predicted octanol–water partition coefficient (Wildman–Crippen LogP) is 2.05. The molecule has 2 rings (SSSR count). The minimum absolute atomic E-state index is 0.475. The molecule has 4 nitrogen and oxygen atoms in total. The maximum absolute atomic E-state index is 5.97. The van der Waals surface area contributed by atoms with Crippen LogP contribution in [0.2, 0.25) is 0 Å². The summed E-state index contributed by atoms with van der Waals surface area (Å²) in [4.78, 5) is 13.4. The summed E-state index contributed by atoms with van der Waals surface area (Å²) in [5.41, 5.74) is 1.03. The van der Waals surface area contributed by atoms with Gasteiger partial charge in [-0.05, 0) is 33.9 Å². The number of hydrogen-bond acceptors (Lipinski definition) is 4. The lowest BCUT2D eigenvalue weighted by atomic mass is 10.0. The van der Waals surface area contributed by atoms with E-state index in [1.165, 1.54) is 12.8 Å². The lowest BCUT2D eigenvalue weighted by Gasteiger charge is -2.36. The van der Waals surface area contributed by atoms with E-state index in [4.69, 9.17) is 11.6 Å². The first-order valence-electron chi connectivity index (χ1n) is 6.41. The number of piperidine rings is 1. The van der Waals surface area contributed by atoms with Crippen LogP contribution in [0.15, 0.2) is 6.20 Å². The number of halogens is 1. The van der Waals surface area contributed by atoms with Gasteiger partial charge < -0.3 is 9.80 Å². The Kier molecular flexibility index (Phi) is 4.40. The molecule has 5 heteroatoms. The third-order valence-corrected chi connectivity index (χ3v) is 3.89. The van der Waals surface area contributed by atoms with Crippen LogP contribution in [0.25, 0.3) is 0 Å². The number of nitrogens with zero attached hydrogens (tertiary/aromatic N) is 4. The second-order valence-corrected chi connectivity index (χ2v) is 5.35. The van der Waals surface area contributed by atoms with Gasteiger partial charge in [0.25, 0.3) is 0 Å². The van der Waals surface area contributed by atoms with Crippen molar-refractivity contribution in [1.82, 2.24) is 14.9 Å². The van der Waals surface area contributed by atoms with Crippen LogP contribution in [0, 0.1) is 6.92 Å². The van der Waals surface area contributed by atoms with Crippen LogP contribution >= 0.6 is 11.6 Å². The third kappa shape index (κ3) is 2.93. The van der Waals surface area contributed by atoms with E-state index in [1.807, 2.05) is 13.1 Å². The molecule has 0 atom stereocenters. The zero-order chi connectivity index (χ0) is 13.1. The normalized spacial score (nSPS) is 17.5. The summed E-state index contributed by atoms with van der Waals surface area (Å²) in [6.07, 6.45) is 4.21. The molecule has 0 bridgehead atoms. The van der Waals surface area contributed by atoms with Crippen molar-refractivity contribution in [2.24, 2.45) is 0 Å². The lowest BCUT2D eigenvalue weighted by Crippen LogP contribution is -2.42. The van der Waals surface area contributed by atoms with Gasteiger partial charge >= 0.3 is 0 Å². The smallest absolute Gasteiger partial charge is 0.136 e. The summed E-state index contributed by atoms with van der Waals surface area (Å²) in [5.74, 6) is 2.31. The molecular weight excluding hydrogens is 248 g/mol. The number of aromatic nitrogens is 2. The largest absolute Gasteiger partial charge is 0.356 e. The van der Waals surface area contributed by atoms with Crippen LogP contribution in [0.5, 0.6) is 0 Å². The molecule has 1 aromatic rings. The molecule has 1 aliphatic heterocycles. The Labute approximate surface area is 114 Å². The highest BCUT2D eigenvalue weighted by atomic mass is 35.5. The van der Waals surface area contributed by atoms with Crippen LogP contribution in [-0.4, -0.2) is 48.1 Å². The Morgan fingerprint density at radius 1 is 1.39 bits per heavy atom. The number of rotatable bonds is 3. The van der Waals surface area contributed by atoms with Gasteiger partial charge in [-0.3, -0.25) is 0 Å². The third-order valence-electron chi connectivity index (χ3n) is 3.60. The highest BCUT2D eigenvalue weighted by Gasteiger charge is 2.23. The van der Waals surface area contributed by atoms with Crippen molar-refractivity contribution in [2.45, 2.75) is 31.7 Å². The second kappa shape index (κ2) is 5.85. The molecule has 0 radical (unpaired) electrons. The van der Waals surface area contributed by atoms with Gasteiger partial charge in [-0.2, -0.15) is 0 Å². The quantitative estimate of drug-likeness (QED) is 0.786. The highest BCUT2D eigenvalue weighted by molar-refractivity contribution is 6.17. The first-order valence-corrected chi connectivity index (χ1v) is 6.95. The second-order valence-electron chi connectivity index (χ2n) is 5.08. The van der Waals surface area contributed by atoms with E-state index in [0.29, 0.717) is 11.9 Å². The fourth-order valence-electron chi connectivity index (χ4n) is 2.45. The molecule has 0 saturated carbocycles. The van der Waals surface area contributed by atoms with E-state index in [-0.39, 0.29) is 0 Å². The van der Waals surface area contributed by atoms with Crippen molar-refractivity contribution in [2.75, 3.05) is 32.1 Å². The maximum Gasteiger partial charge on any atom is 0.136 e. The van der Waals surface area contributed by atoms with Crippen LogP contribution in [-0.2, 0) is 5.88 Å². The van der Waals surface area contributed by atoms with Crippen molar-refractivity contribution in [3.05, 3.63) is 17.6 Å². The lowest BCUT2D eigenvalue weighted by molar-refractivity contribution is 0.249. The standard InChI is InChI=1S/C13H21ClN4/c1-10-15-9-11(8-14)13(16-10)18-6-4-12(5-7-18)17(2)3/h9,12H,4-8H2,1-3H3. The molecule has 0 aromatic carbocycles. The van der Waals surface area contributed by atoms with Crippen molar-refractivity contribution in [3.8, 4) is 0 Å². The van der Waals surface area contributed by atoms with Gasteiger partial charge in [0.2, 0.25) is 0 Å². The monoisotopic (exact) mass is 268 g/mol. The van der Waals surface area contributed by atoms with E-state index < -0.39 is 0 Å². The van der Waals surface area contributed by atoms with Crippen LogP contribution < -0.4 is 4.90 Å². The van der Waals surface area contributed by atoms with E-state index in [2.05, 4.69) is 33.9 Å². The molecule has 0 amide bonds. The summed E-state index contributed by atoms with van der Waals surface area (Å²) in [6.45, 7) is 4.01. The minimum atomic E-state index is 0.475. The zero-order valence-electron chi connectivity index (χ0n) is 11.4. The highest BCUT2D eigenvalue weighted by Crippen LogP contribution is 2.24. The van der Waals surface area contributed by atoms with E-state index >= 15 is 0 Å². The minimum Gasteiger partial charge on any atom is -0.356 e. The molecular formula is C13H21ClN4. The fourth-order valence-corrected chi connectivity index (χ4v) is 2.63. The molecule has 1 aliphatic rings. The first-order chi connectivity index (χ1) is 8.61. The molecule has 1 saturated heterocycles. The zero-order valence-corrected chi connectivity index (χ0v) is 12.1. The Morgan fingerprint density at radius 3 is 2.61 bits per heavy atom. The van der Waals surface area contributed by atoms with Gasteiger partial charge in [-0.1, -0.05) is 0 Å². The summed E-state index contributed by atoms with van der Waals surface area (Å²) in [7, 11) is 4.30. The Morgan fingerprint density at radius 2 is 2.06 bits per heavy atom. The maximum atomic E-state index is 5.97. The van der Waals surface area contributed by atoms with Crippen molar-refractivity contribution in [1.29, 1.82) is 0 Å². The average Bonchev–Trinajstić information content (AvgIpc) is 2.39. The Balaban J connectivity index is 2.11. The number of anilines is 1. The summed E-state index contributed by atoms with van der Waals surface area (Å²) in [6, 6.07) is 0.684. The predicted molar refractivity (Wildman–Crippen MR) is 75.2 cm³/mol. The molecule has 100 valence electrons. The molecule has 0 spiro atoms. The molecule has 0 aliphatic carbocycles. The fraction of sp³-hybridized carbons (Fsp3) is 0.692. The van der Waals surface area contributed by atoms with Gasteiger partial charge in [-0.15, -0.1) is 11.6 Å². The number of aryl methyl sites for hydroxylation is 1. The average molecular weight is 269 g/mol. The van der Waals surface area contributed by atoms with E-state index in [9.17, 15) is 0 Å². The number of alkyl halides is 1. The number of hydrogen-bond donors (Lipinski definition) is 0. The van der Waals surface area contributed by atoms with Gasteiger partial charge in [-0.25, -0.2) is 9.97 Å². The molecule has 0 N–H and O–H groups in total. The van der Waals surface area contributed by atoms with Crippen molar-refractivity contribution < 1.29 is 0 Å². The van der Waals surface area contributed by atoms with Gasteiger partial charge in [0, 0.05) is 30.9 Å². The first kappa shape index (κ1) is 13.6. The van der Waals surface area contributed by atoms with Crippen LogP contribution in [0.1, 0.15) is 24.2 Å². The summed E-state index contributed by atoms with van der Waals surface area (Å²) < 4.78 is 0. The molecule has 1 fully saturated rings.